The molecule has 0 saturated carbocycles. The van der Waals surface area contributed by atoms with Crippen molar-refractivity contribution < 1.29 is 18.7 Å². The number of allylic oxidation sites excluding steroid dienone is 1. The summed E-state index contributed by atoms with van der Waals surface area (Å²) < 4.78 is 25.3. The van der Waals surface area contributed by atoms with Crippen LogP contribution in [0.4, 0.5) is 4.39 Å². The van der Waals surface area contributed by atoms with Crippen LogP contribution in [0.25, 0.3) is 6.08 Å². The summed E-state index contributed by atoms with van der Waals surface area (Å²) >= 11 is 6.57. The molecular formula is C23H22FNO3S2. The van der Waals surface area contributed by atoms with Crippen LogP contribution in [0.5, 0.6) is 11.5 Å². The predicted molar refractivity (Wildman–Crippen MR) is 123 cm³/mol. The highest BCUT2D eigenvalue weighted by molar-refractivity contribution is 8.26. The molecule has 2 aromatic rings. The fraction of sp³-hybridized carbons (Fsp3) is 0.217. The van der Waals surface area contributed by atoms with E-state index in [2.05, 4.69) is 6.58 Å². The standard InChI is InChI=1S/C23H22FNO3S2/c1-4-6-17-11-16(13-20-22(26)25(5-2)23(29)30-20)12-19(27-3)21(17)28-14-15-7-9-18(24)10-8-15/h4,7-13H,1,5-6,14H2,2-3H3. The van der Waals surface area contributed by atoms with Crippen molar-refractivity contribution in [3.63, 3.8) is 0 Å². The molecule has 2 aromatic carbocycles. The van der Waals surface area contributed by atoms with Gasteiger partial charge in [-0.2, -0.15) is 0 Å². The van der Waals surface area contributed by atoms with Gasteiger partial charge in [0.2, 0.25) is 0 Å². The van der Waals surface area contributed by atoms with Crippen molar-refractivity contribution in [1.29, 1.82) is 0 Å². The number of carbonyl (C=O) groups excluding carboxylic acids is 1. The fourth-order valence-electron chi connectivity index (χ4n) is 3.05. The predicted octanol–water partition coefficient (Wildman–Crippen LogP) is 5.36. The maximum absolute atomic E-state index is 13.1. The number of halogens is 1. The summed E-state index contributed by atoms with van der Waals surface area (Å²) in [5.74, 6) is 0.767. The molecule has 7 heteroatoms. The Morgan fingerprint density at radius 1 is 1.27 bits per heavy atom. The third-order valence-corrected chi connectivity index (χ3v) is 5.90. The van der Waals surface area contributed by atoms with Crippen molar-refractivity contribution in [3.05, 3.63) is 76.5 Å². The highest BCUT2D eigenvalue weighted by Gasteiger charge is 2.30. The number of carbonyl (C=O) groups is 1. The van der Waals surface area contributed by atoms with Gasteiger partial charge in [-0.3, -0.25) is 9.69 Å². The van der Waals surface area contributed by atoms with Crippen molar-refractivity contribution in [1.82, 2.24) is 4.90 Å². The molecule has 1 aliphatic heterocycles. The number of hydrogen-bond donors (Lipinski definition) is 0. The van der Waals surface area contributed by atoms with E-state index in [1.807, 2.05) is 25.1 Å². The van der Waals surface area contributed by atoms with Gasteiger partial charge in [0, 0.05) is 12.1 Å². The summed E-state index contributed by atoms with van der Waals surface area (Å²) in [6.07, 6.45) is 4.15. The van der Waals surface area contributed by atoms with Gasteiger partial charge in [0.25, 0.3) is 5.91 Å². The van der Waals surface area contributed by atoms with Crippen molar-refractivity contribution >= 4 is 40.3 Å². The summed E-state index contributed by atoms with van der Waals surface area (Å²) in [5.41, 5.74) is 2.54. The number of likely N-dealkylation sites (N-methyl/N-ethyl adjacent to an activating group) is 1. The maximum Gasteiger partial charge on any atom is 0.266 e. The lowest BCUT2D eigenvalue weighted by atomic mass is 10.0. The van der Waals surface area contributed by atoms with E-state index in [4.69, 9.17) is 21.7 Å². The second-order valence-corrected chi connectivity index (χ2v) is 8.22. The van der Waals surface area contributed by atoms with Crippen molar-refractivity contribution in [2.45, 2.75) is 20.0 Å². The molecule has 0 radical (unpaired) electrons. The summed E-state index contributed by atoms with van der Waals surface area (Å²) in [5, 5.41) is 0. The molecule has 0 aromatic heterocycles. The highest BCUT2D eigenvalue weighted by Crippen LogP contribution is 2.37. The number of thiocarbonyl (C=S) groups is 1. The number of benzene rings is 2. The van der Waals surface area contributed by atoms with Crippen LogP contribution in [0.3, 0.4) is 0 Å². The van der Waals surface area contributed by atoms with Crippen LogP contribution in [-0.4, -0.2) is 28.8 Å². The van der Waals surface area contributed by atoms with Gasteiger partial charge in [0.15, 0.2) is 11.5 Å². The molecule has 1 fully saturated rings. The number of amides is 1. The summed E-state index contributed by atoms with van der Waals surface area (Å²) in [6, 6.07) is 9.93. The molecule has 1 heterocycles. The lowest BCUT2D eigenvalue weighted by Gasteiger charge is -2.16. The molecule has 156 valence electrons. The summed E-state index contributed by atoms with van der Waals surface area (Å²) in [6.45, 7) is 6.53. The minimum absolute atomic E-state index is 0.0895. The van der Waals surface area contributed by atoms with E-state index >= 15 is 0 Å². The topological polar surface area (TPSA) is 38.8 Å². The van der Waals surface area contributed by atoms with Crippen molar-refractivity contribution in [2.24, 2.45) is 0 Å². The number of thioether (sulfide) groups is 1. The SMILES string of the molecule is C=CCc1cc(C=C2SC(=S)N(CC)C2=O)cc(OC)c1OCc1ccc(F)cc1. The Labute approximate surface area is 185 Å². The largest absolute Gasteiger partial charge is 0.493 e. The van der Waals surface area contributed by atoms with E-state index in [1.165, 1.54) is 23.9 Å². The Kier molecular flexibility index (Phi) is 7.29. The molecule has 1 saturated heterocycles. The van der Waals surface area contributed by atoms with Gasteiger partial charge in [0.05, 0.1) is 12.0 Å². The van der Waals surface area contributed by atoms with Gasteiger partial charge in [-0.15, -0.1) is 6.58 Å². The summed E-state index contributed by atoms with van der Waals surface area (Å²) in [7, 11) is 1.57. The van der Waals surface area contributed by atoms with Crippen LogP contribution in [0.15, 0.2) is 54.0 Å². The van der Waals surface area contributed by atoms with Gasteiger partial charge in [-0.05, 0) is 54.8 Å². The molecule has 0 N–H and O–H groups in total. The zero-order valence-electron chi connectivity index (χ0n) is 16.8. The second-order valence-electron chi connectivity index (χ2n) is 6.55. The van der Waals surface area contributed by atoms with Crippen molar-refractivity contribution in [2.75, 3.05) is 13.7 Å². The monoisotopic (exact) mass is 443 g/mol. The summed E-state index contributed by atoms with van der Waals surface area (Å²) in [4.78, 5) is 14.7. The van der Waals surface area contributed by atoms with E-state index in [1.54, 1.807) is 30.2 Å². The van der Waals surface area contributed by atoms with Crippen LogP contribution in [-0.2, 0) is 17.8 Å². The van der Waals surface area contributed by atoms with Gasteiger partial charge in [-0.1, -0.05) is 42.2 Å². The fourth-order valence-corrected chi connectivity index (χ4v) is 4.43. The molecule has 0 spiro atoms. The van der Waals surface area contributed by atoms with Crippen molar-refractivity contribution in [3.8, 4) is 11.5 Å². The Morgan fingerprint density at radius 2 is 2.00 bits per heavy atom. The van der Waals surface area contributed by atoms with E-state index < -0.39 is 0 Å². The van der Waals surface area contributed by atoms with Crippen LogP contribution >= 0.6 is 24.0 Å². The minimum atomic E-state index is -0.290. The average molecular weight is 444 g/mol. The number of hydrogen-bond acceptors (Lipinski definition) is 5. The lowest BCUT2D eigenvalue weighted by molar-refractivity contribution is -0.121. The molecule has 0 aliphatic carbocycles. The van der Waals surface area contributed by atoms with Crippen LogP contribution in [0, 0.1) is 5.82 Å². The maximum atomic E-state index is 13.1. The first-order chi connectivity index (χ1) is 14.5. The molecule has 0 unspecified atom stereocenters. The average Bonchev–Trinajstić information content (AvgIpc) is 3.00. The molecule has 1 aliphatic rings. The molecule has 0 bridgehead atoms. The molecule has 0 atom stereocenters. The lowest BCUT2D eigenvalue weighted by Crippen LogP contribution is -2.27. The van der Waals surface area contributed by atoms with Gasteiger partial charge < -0.3 is 9.47 Å². The Hall–Kier alpha value is -2.64. The first kappa shape index (κ1) is 22.1. The van der Waals surface area contributed by atoms with E-state index in [-0.39, 0.29) is 18.3 Å². The van der Waals surface area contributed by atoms with Gasteiger partial charge in [0.1, 0.15) is 16.7 Å². The second kappa shape index (κ2) is 9.91. The third-order valence-electron chi connectivity index (χ3n) is 4.52. The molecule has 1 amide bonds. The number of methoxy groups -OCH3 is 1. The first-order valence-corrected chi connectivity index (χ1v) is 10.6. The van der Waals surface area contributed by atoms with Crippen LogP contribution in [0.2, 0.25) is 0 Å². The first-order valence-electron chi connectivity index (χ1n) is 9.41. The zero-order chi connectivity index (χ0) is 21.7. The van der Waals surface area contributed by atoms with E-state index in [0.717, 1.165) is 16.7 Å². The Morgan fingerprint density at radius 3 is 2.60 bits per heavy atom. The van der Waals surface area contributed by atoms with Gasteiger partial charge >= 0.3 is 0 Å². The van der Waals surface area contributed by atoms with Gasteiger partial charge in [-0.25, -0.2) is 4.39 Å². The van der Waals surface area contributed by atoms with Crippen LogP contribution in [0.1, 0.15) is 23.6 Å². The molecule has 30 heavy (non-hydrogen) atoms. The Bertz CT molecular complexity index is 1000. The molecule has 4 nitrogen and oxygen atoms in total. The van der Waals surface area contributed by atoms with E-state index in [9.17, 15) is 9.18 Å². The minimum Gasteiger partial charge on any atom is -0.493 e. The molecular weight excluding hydrogens is 421 g/mol. The smallest absolute Gasteiger partial charge is 0.266 e. The molecule has 3 rings (SSSR count). The number of ether oxygens (including phenoxy) is 2. The highest BCUT2D eigenvalue weighted by atomic mass is 32.2. The normalized spacial score (nSPS) is 15.0. The number of rotatable bonds is 8. The number of nitrogens with zero attached hydrogens (tertiary/aromatic N) is 1. The quantitative estimate of drug-likeness (QED) is 0.312. The van der Waals surface area contributed by atoms with E-state index in [0.29, 0.717) is 33.7 Å². The third kappa shape index (κ3) is 4.91. The Balaban J connectivity index is 1.92. The van der Waals surface area contributed by atoms with Crippen LogP contribution < -0.4 is 9.47 Å². The zero-order valence-corrected chi connectivity index (χ0v) is 18.4.